The third kappa shape index (κ3) is 5.06. The van der Waals surface area contributed by atoms with Crippen molar-refractivity contribution in [2.24, 2.45) is 0 Å². The first-order valence-electron chi connectivity index (χ1n) is 10.3. The topological polar surface area (TPSA) is 93.1 Å². The van der Waals surface area contributed by atoms with E-state index in [-0.39, 0.29) is 11.6 Å². The van der Waals surface area contributed by atoms with Gasteiger partial charge in [-0.2, -0.15) is 5.10 Å². The number of hydrogen-bond acceptors (Lipinski definition) is 4. The van der Waals surface area contributed by atoms with E-state index in [1.807, 2.05) is 31.2 Å². The van der Waals surface area contributed by atoms with Crippen molar-refractivity contribution in [2.75, 3.05) is 10.6 Å². The predicted molar refractivity (Wildman–Crippen MR) is 127 cm³/mol. The molecule has 2 amide bonds. The Bertz CT molecular complexity index is 1220. The van der Waals surface area contributed by atoms with Crippen LogP contribution in [0.2, 0.25) is 5.02 Å². The van der Waals surface area contributed by atoms with Crippen molar-refractivity contribution in [1.29, 1.82) is 0 Å². The minimum absolute atomic E-state index is 0.0632. The molecule has 7 nitrogen and oxygen atoms in total. The zero-order valence-electron chi connectivity index (χ0n) is 18.4. The third-order valence-electron chi connectivity index (χ3n) is 5.10. The van der Waals surface area contributed by atoms with Gasteiger partial charge in [-0.3, -0.25) is 14.4 Å². The summed E-state index contributed by atoms with van der Waals surface area (Å²) in [5, 5.41) is 10.4. The smallest absolute Gasteiger partial charge is 0.291 e. The lowest BCUT2D eigenvalue weighted by molar-refractivity contribution is -0.119. The van der Waals surface area contributed by atoms with Crippen LogP contribution in [0.1, 0.15) is 37.4 Å². The summed E-state index contributed by atoms with van der Waals surface area (Å²) in [5.41, 5.74) is 3.10. The summed E-state index contributed by atoms with van der Waals surface area (Å²) in [6.45, 7) is 6.88. The van der Waals surface area contributed by atoms with E-state index in [9.17, 15) is 14.4 Å². The maximum atomic E-state index is 13.1. The van der Waals surface area contributed by atoms with Crippen LogP contribution in [0, 0.1) is 13.8 Å². The number of amides is 2. The lowest BCUT2D eigenvalue weighted by Gasteiger charge is -2.20. The lowest BCUT2D eigenvalue weighted by atomic mass is 10.1. The second-order valence-corrected chi connectivity index (χ2v) is 7.97. The average molecular weight is 453 g/mol. The Labute approximate surface area is 191 Å². The Morgan fingerprint density at radius 1 is 1.06 bits per heavy atom. The molecule has 0 aliphatic carbocycles. The van der Waals surface area contributed by atoms with Crippen LogP contribution in [0.25, 0.3) is 11.3 Å². The number of nitrogens with one attached hydrogen (secondary N) is 2. The Morgan fingerprint density at radius 2 is 1.75 bits per heavy atom. The number of aromatic nitrogens is 2. The minimum atomic E-state index is -0.890. The van der Waals surface area contributed by atoms with Gasteiger partial charge in [-0.1, -0.05) is 54.4 Å². The van der Waals surface area contributed by atoms with Gasteiger partial charge in [0.2, 0.25) is 11.8 Å². The third-order valence-corrected chi connectivity index (χ3v) is 5.51. The highest BCUT2D eigenvalue weighted by atomic mass is 35.5. The summed E-state index contributed by atoms with van der Waals surface area (Å²) in [6.07, 6.45) is 0.315. The maximum absolute atomic E-state index is 13.1. The molecule has 2 aromatic carbocycles. The van der Waals surface area contributed by atoms with Crippen LogP contribution in [-0.2, 0) is 9.59 Å². The predicted octanol–water partition coefficient (Wildman–Crippen LogP) is 4.73. The molecule has 0 fully saturated rings. The van der Waals surface area contributed by atoms with E-state index in [1.165, 1.54) is 13.0 Å². The van der Waals surface area contributed by atoms with E-state index in [2.05, 4.69) is 15.7 Å². The lowest BCUT2D eigenvalue weighted by Crippen LogP contribution is -2.36. The quantitative estimate of drug-likeness (QED) is 0.565. The number of benzene rings is 2. The van der Waals surface area contributed by atoms with Crippen LogP contribution in [0.3, 0.4) is 0 Å². The molecule has 3 rings (SSSR count). The molecule has 0 aliphatic heterocycles. The second kappa shape index (κ2) is 9.78. The van der Waals surface area contributed by atoms with Crippen LogP contribution in [0.5, 0.6) is 0 Å². The second-order valence-electron chi connectivity index (χ2n) is 7.57. The van der Waals surface area contributed by atoms with Crippen molar-refractivity contribution in [3.8, 4) is 11.3 Å². The molecule has 0 saturated heterocycles. The van der Waals surface area contributed by atoms with Crippen molar-refractivity contribution in [2.45, 2.75) is 40.2 Å². The fourth-order valence-electron chi connectivity index (χ4n) is 3.30. The summed E-state index contributed by atoms with van der Waals surface area (Å²) >= 11 is 6.16. The first-order valence-corrected chi connectivity index (χ1v) is 10.6. The molecule has 1 heterocycles. The van der Waals surface area contributed by atoms with Gasteiger partial charge < -0.3 is 10.6 Å². The molecule has 0 saturated carbocycles. The van der Waals surface area contributed by atoms with Crippen LogP contribution in [0.4, 0.5) is 11.4 Å². The monoisotopic (exact) mass is 452 g/mol. The van der Waals surface area contributed by atoms with Crippen LogP contribution < -0.4 is 16.2 Å². The molecule has 1 aromatic heterocycles. The number of halogens is 1. The van der Waals surface area contributed by atoms with Gasteiger partial charge >= 0.3 is 0 Å². The molecule has 8 heteroatoms. The van der Waals surface area contributed by atoms with Crippen molar-refractivity contribution in [1.82, 2.24) is 9.78 Å². The molecular formula is C24H25ClN4O3. The number of carbonyl (C=O) groups excluding carboxylic acids is 2. The van der Waals surface area contributed by atoms with Gasteiger partial charge in [0.15, 0.2) is 0 Å². The van der Waals surface area contributed by atoms with Crippen LogP contribution in [-0.4, -0.2) is 21.6 Å². The van der Waals surface area contributed by atoms with Gasteiger partial charge in [0, 0.05) is 23.2 Å². The fraction of sp³-hybridized carbons (Fsp3) is 0.250. The summed E-state index contributed by atoms with van der Waals surface area (Å²) < 4.78 is 1.13. The molecule has 2 N–H and O–H groups in total. The molecule has 1 atom stereocenters. The van der Waals surface area contributed by atoms with E-state index in [1.54, 1.807) is 32.0 Å². The molecule has 0 aliphatic rings. The van der Waals surface area contributed by atoms with Crippen LogP contribution in [0.15, 0.2) is 53.3 Å². The zero-order valence-corrected chi connectivity index (χ0v) is 19.2. The van der Waals surface area contributed by atoms with Gasteiger partial charge in [-0.25, -0.2) is 4.68 Å². The molecule has 0 bridgehead atoms. The number of anilines is 2. The van der Waals surface area contributed by atoms with E-state index in [0.29, 0.717) is 22.8 Å². The molecule has 32 heavy (non-hydrogen) atoms. The SMILES string of the molecule is CCC(C(=O)Nc1cccc(Cl)c1C)n1nc(-c2ccc(C)cc2)cc(NC(C)=O)c1=O. The molecule has 166 valence electrons. The largest absolute Gasteiger partial charge is 0.324 e. The zero-order chi connectivity index (χ0) is 23.4. The highest BCUT2D eigenvalue weighted by Gasteiger charge is 2.24. The number of carbonyl (C=O) groups is 2. The summed E-state index contributed by atoms with van der Waals surface area (Å²) in [4.78, 5) is 37.9. The summed E-state index contributed by atoms with van der Waals surface area (Å²) in [6, 6.07) is 13.5. The van der Waals surface area contributed by atoms with E-state index in [4.69, 9.17) is 11.6 Å². The summed E-state index contributed by atoms with van der Waals surface area (Å²) in [7, 11) is 0. The Morgan fingerprint density at radius 3 is 2.38 bits per heavy atom. The minimum Gasteiger partial charge on any atom is -0.324 e. The van der Waals surface area contributed by atoms with Crippen molar-refractivity contribution >= 4 is 34.8 Å². The molecule has 0 radical (unpaired) electrons. The fourth-order valence-corrected chi connectivity index (χ4v) is 3.47. The molecular weight excluding hydrogens is 428 g/mol. The normalized spacial score (nSPS) is 11.7. The highest BCUT2D eigenvalue weighted by molar-refractivity contribution is 6.31. The van der Waals surface area contributed by atoms with E-state index in [0.717, 1.165) is 21.4 Å². The Hall–Kier alpha value is -3.45. The van der Waals surface area contributed by atoms with E-state index < -0.39 is 17.5 Å². The van der Waals surface area contributed by atoms with Crippen molar-refractivity contribution in [3.05, 3.63) is 75.0 Å². The maximum Gasteiger partial charge on any atom is 0.291 e. The first-order chi connectivity index (χ1) is 15.2. The molecule has 0 spiro atoms. The van der Waals surface area contributed by atoms with Crippen LogP contribution >= 0.6 is 11.6 Å². The average Bonchev–Trinajstić information content (AvgIpc) is 2.74. The molecule has 3 aromatic rings. The number of rotatable bonds is 6. The highest BCUT2D eigenvalue weighted by Crippen LogP contribution is 2.25. The van der Waals surface area contributed by atoms with Gasteiger partial charge in [0.25, 0.3) is 5.56 Å². The van der Waals surface area contributed by atoms with Gasteiger partial charge in [-0.15, -0.1) is 0 Å². The van der Waals surface area contributed by atoms with Crippen molar-refractivity contribution in [3.63, 3.8) is 0 Å². The molecule has 1 unspecified atom stereocenters. The Balaban J connectivity index is 2.08. The van der Waals surface area contributed by atoms with Gasteiger partial charge in [-0.05, 0) is 44.0 Å². The standard InChI is InChI=1S/C24H25ClN4O3/c1-5-22(23(31)27-19-8-6-7-18(25)15(19)3)29-24(32)21(26-16(4)30)13-20(28-29)17-11-9-14(2)10-12-17/h6-13,22H,5H2,1-4H3,(H,26,30)(H,27,31). The number of nitrogens with zero attached hydrogens (tertiary/aromatic N) is 2. The van der Waals surface area contributed by atoms with Crippen molar-refractivity contribution < 1.29 is 9.59 Å². The number of hydrogen-bond donors (Lipinski definition) is 2. The van der Waals surface area contributed by atoms with Gasteiger partial charge in [0.05, 0.1) is 5.69 Å². The summed E-state index contributed by atoms with van der Waals surface area (Å²) in [5.74, 6) is -0.788. The van der Waals surface area contributed by atoms with E-state index >= 15 is 0 Å². The number of aryl methyl sites for hydroxylation is 1. The Kier molecular flexibility index (Phi) is 7.10. The first kappa shape index (κ1) is 23.2. The van der Waals surface area contributed by atoms with Gasteiger partial charge in [0.1, 0.15) is 11.7 Å².